The van der Waals surface area contributed by atoms with Crippen LogP contribution < -0.4 is 10.1 Å². The number of fused-ring (bicyclic) bond motifs is 1. The van der Waals surface area contributed by atoms with Gasteiger partial charge in [0.15, 0.2) is 0 Å². The smallest absolute Gasteiger partial charge is 0.314 e. The third-order valence-corrected chi connectivity index (χ3v) is 8.42. The van der Waals surface area contributed by atoms with E-state index in [-0.39, 0.29) is 0 Å². The number of benzene rings is 1. The van der Waals surface area contributed by atoms with E-state index in [0.29, 0.717) is 5.75 Å². The van der Waals surface area contributed by atoms with Crippen LogP contribution in [0.1, 0.15) is 18.9 Å². The van der Waals surface area contributed by atoms with Crippen molar-refractivity contribution in [2.24, 2.45) is 5.92 Å². The number of hydrogen-bond donors (Lipinski definition) is 3. The second-order valence-electron chi connectivity index (χ2n) is 10.9. The second kappa shape index (κ2) is 11.1. The Morgan fingerprint density at radius 1 is 1.20 bits per heavy atom. The largest absolute Gasteiger partial charge is 0.481 e. The summed E-state index contributed by atoms with van der Waals surface area (Å²) in [5.41, 5.74) is 4.82. The number of aromatic amines is 1. The third kappa shape index (κ3) is 5.52. The van der Waals surface area contributed by atoms with Gasteiger partial charge in [-0.15, -0.1) is 0 Å². The number of carboxylic acids is 1. The molecule has 0 radical (unpaired) electrons. The number of ether oxygens (including phenoxy) is 1. The van der Waals surface area contributed by atoms with Crippen molar-refractivity contribution in [1.82, 2.24) is 25.1 Å². The minimum absolute atomic E-state index is 0.545. The van der Waals surface area contributed by atoms with E-state index in [9.17, 15) is 9.90 Å². The standard InChI is InChI=1S/C31H34ClN5O3/c1-31(40-26-16-22-9-11-34-29(22)35-18-26)17-25(6-7-28(31)30(38)39)37-14-12-36(13-15-37)20-23-8-10-33-19-27(23)21-2-4-24(32)5-3-21/h2-7,9,11,16-18,28,33H,8,10,12-15,19-20H2,1H3,(H,34,35)(H,38,39). The van der Waals surface area contributed by atoms with Gasteiger partial charge in [0.25, 0.3) is 0 Å². The van der Waals surface area contributed by atoms with Gasteiger partial charge >= 0.3 is 5.97 Å². The Morgan fingerprint density at radius 2 is 2.00 bits per heavy atom. The van der Waals surface area contributed by atoms with Crippen LogP contribution in [-0.4, -0.2) is 82.3 Å². The van der Waals surface area contributed by atoms with Gasteiger partial charge in [0.05, 0.1) is 6.20 Å². The lowest BCUT2D eigenvalue weighted by Gasteiger charge is -2.41. The Kier molecular flexibility index (Phi) is 7.40. The fourth-order valence-corrected chi connectivity index (χ4v) is 6.08. The number of H-pyrrole nitrogens is 1. The predicted octanol–water partition coefficient (Wildman–Crippen LogP) is 4.57. The topological polar surface area (TPSA) is 93.7 Å². The second-order valence-corrected chi connectivity index (χ2v) is 11.3. The summed E-state index contributed by atoms with van der Waals surface area (Å²) in [6.07, 6.45) is 10.2. The number of carboxylic acid groups (broad SMARTS) is 1. The van der Waals surface area contributed by atoms with E-state index >= 15 is 0 Å². The molecule has 40 heavy (non-hydrogen) atoms. The molecule has 208 valence electrons. The maximum atomic E-state index is 12.2. The van der Waals surface area contributed by atoms with Crippen LogP contribution in [0.25, 0.3) is 16.6 Å². The van der Waals surface area contributed by atoms with Gasteiger partial charge in [0.1, 0.15) is 22.9 Å². The number of rotatable bonds is 7. The minimum Gasteiger partial charge on any atom is -0.481 e. The first kappa shape index (κ1) is 26.6. The summed E-state index contributed by atoms with van der Waals surface area (Å²) in [6, 6.07) is 12.0. The van der Waals surface area contributed by atoms with Gasteiger partial charge in [-0.1, -0.05) is 29.8 Å². The fourth-order valence-electron chi connectivity index (χ4n) is 5.96. The highest BCUT2D eigenvalue weighted by atomic mass is 35.5. The molecule has 0 amide bonds. The molecule has 1 aromatic carbocycles. The molecule has 2 atom stereocenters. The van der Waals surface area contributed by atoms with Crippen LogP contribution in [-0.2, 0) is 4.79 Å². The zero-order valence-corrected chi connectivity index (χ0v) is 23.3. The first-order valence-corrected chi connectivity index (χ1v) is 14.2. The minimum atomic E-state index is -1.05. The van der Waals surface area contributed by atoms with Crippen LogP contribution in [0.4, 0.5) is 0 Å². The fraction of sp³-hybridized carbons (Fsp3) is 0.355. The van der Waals surface area contributed by atoms with Crippen LogP contribution in [0.2, 0.25) is 5.02 Å². The molecular formula is C31H34ClN5O3. The molecule has 0 saturated carbocycles. The molecule has 3 aliphatic rings. The number of piperazine rings is 1. The molecule has 2 aromatic heterocycles. The first-order valence-electron chi connectivity index (χ1n) is 13.8. The number of halogens is 1. The van der Waals surface area contributed by atoms with Gasteiger partial charge in [-0.25, -0.2) is 4.98 Å². The van der Waals surface area contributed by atoms with E-state index < -0.39 is 17.5 Å². The van der Waals surface area contributed by atoms with Gasteiger partial charge in [0.2, 0.25) is 0 Å². The molecule has 2 unspecified atom stereocenters. The van der Waals surface area contributed by atoms with Gasteiger partial charge in [0, 0.05) is 61.6 Å². The van der Waals surface area contributed by atoms with Crippen molar-refractivity contribution >= 4 is 34.2 Å². The summed E-state index contributed by atoms with van der Waals surface area (Å²) in [5.74, 6) is -1.18. The molecule has 3 N–H and O–H groups in total. The molecule has 2 aliphatic heterocycles. The number of nitrogens with zero attached hydrogens (tertiary/aromatic N) is 3. The highest BCUT2D eigenvalue weighted by Crippen LogP contribution is 2.35. The Bertz CT molecular complexity index is 1490. The molecule has 6 rings (SSSR count). The highest BCUT2D eigenvalue weighted by Gasteiger charge is 2.41. The maximum Gasteiger partial charge on any atom is 0.314 e. The summed E-state index contributed by atoms with van der Waals surface area (Å²) in [5, 5.41) is 15.2. The molecule has 1 saturated heterocycles. The number of aliphatic carboxylic acids is 1. The SMILES string of the molecule is CC1(Oc2cnc3[nH]ccc3c2)C=C(N2CCN(CC3=C(c4ccc(Cl)cc4)CNCC3)CC2)C=CC1C(=O)O. The van der Waals surface area contributed by atoms with Crippen LogP contribution in [0.15, 0.2) is 78.3 Å². The van der Waals surface area contributed by atoms with Crippen molar-refractivity contribution in [3.63, 3.8) is 0 Å². The summed E-state index contributed by atoms with van der Waals surface area (Å²) in [4.78, 5) is 24.5. The zero-order chi connectivity index (χ0) is 27.7. The van der Waals surface area contributed by atoms with Crippen molar-refractivity contribution in [1.29, 1.82) is 0 Å². The molecule has 0 bridgehead atoms. The van der Waals surface area contributed by atoms with Crippen LogP contribution in [0, 0.1) is 5.92 Å². The first-order chi connectivity index (χ1) is 19.4. The molecule has 3 aromatic rings. The van der Waals surface area contributed by atoms with E-state index in [2.05, 4.69) is 37.2 Å². The van der Waals surface area contributed by atoms with E-state index in [4.69, 9.17) is 16.3 Å². The summed E-state index contributed by atoms with van der Waals surface area (Å²) < 4.78 is 6.36. The Balaban J connectivity index is 1.15. The van der Waals surface area contributed by atoms with Gasteiger partial charge in [-0.3, -0.25) is 9.69 Å². The van der Waals surface area contributed by atoms with Gasteiger partial charge < -0.3 is 25.0 Å². The van der Waals surface area contributed by atoms with Gasteiger partial charge in [-0.2, -0.15) is 0 Å². The Morgan fingerprint density at radius 3 is 2.77 bits per heavy atom. The van der Waals surface area contributed by atoms with Crippen LogP contribution in [0.3, 0.4) is 0 Å². The number of aromatic nitrogens is 2. The molecule has 0 spiro atoms. The molecular weight excluding hydrogens is 526 g/mol. The Hall–Kier alpha value is -3.59. The van der Waals surface area contributed by atoms with Crippen molar-refractivity contribution in [2.75, 3.05) is 45.8 Å². The van der Waals surface area contributed by atoms with E-state index in [1.807, 2.05) is 49.5 Å². The predicted molar refractivity (Wildman–Crippen MR) is 157 cm³/mol. The highest BCUT2D eigenvalue weighted by molar-refractivity contribution is 6.30. The lowest BCUT2D eigenvalue weighted by atomic mass is 9.83. The number of allylic oxidation sites excluding steroid dienone is 1. The van der Waals surface area contributed by atoms with E-state index in [1.165, 1.54) is 16.7 Å². The number of pyridine rings is 1. The van der Waals surface area contributed by atoms with E-state index in [1.54, 1.807) is 12.3 Å². The monoisotopic (exact) mass is 559 g/mol. The normalized spacial score (nSPS) is 23.9. The molecule has 9 heteroatoms. The van der Waals surface area contributed by atoms with Crippen LogP contribution in [0.5, 0.6) is 5.75 Å². The average Bonchev–Trinajstić information content (AvgIpc) is 3.42. The number of carbonyl (C=O) groups is 1. The quantitative estimate of drug-likeness (QED) is 0.390. The lowest BCUT2D eigenvalue weighted by Crippen LogP contribution is -2.49. The molecule has 1 aliphatic carbocycles. The Labute approximate surface area is 239 Å². The van der Waals surface area contributed by atoms with Gasteiger partial charge in [-0.05, 0) is 73.0 Å². The lowest BCUT2D eigenvalue weighted by molar-refractivity contribution is -0.144. The zero-order valence-electron chi connectivity index (χ0n) is 22.6. The van der Waals surface area contributed by atoms with Crippen LogP contribution >= 0.6 is 11.6 Å². The average molecular weight is 560 g/mol. The van der Waals surface area contributed by atoms with Crippen molar-refractivity contribution in [3.05, 3.63) is 88.9 Å². The van der Waals surface area contributed by atoms with Crippen molar-refractivity contribution in [3.8, 4) is 5.75 Å². The summed E-state index contributed by atoms with van der Waals surface area (Å²) in [6.45, 7) is 8.28. The summed E-state index contributed by atoms with van der Waals surface area (Å²) in [7, 11) is 0. The number of nitrogens with one attached hydrogen (secondary N) is 2. The molecule has 1 fully saturated rings. The maximum absolute atomic E-state index is 12.2. The molecule has 4 heterocycles. The van der Waals surface area contributed by atoms with Crippen molar-refractivity contribution < 1.29 is 14.6 Å². The molecule has 8 nitrogen and oxygen atoms in total. The third-order valence-electron chi connectivity index (χ3n) is 8.17. The number of hydrogen-bond acceptors (Lipinski definition) is 6. The summed E-state index contributed by atoms with van der Waals surface area (Å²) >= 11 is 6.12. The van der Waals surface area contributed by atoms with E-state index in [0.717, 1.165) is 74.0 Å². The van der Waals surface area contributed by atoms with Crippen molar-refractivity contribution in [2.45, 2.75) is 18.9 Å².